The zero-order chi connectivity index (χ0) is 32.0. The largest absolute Gasteiger partial charge is 0.507 e. The molecule has 0 aromatic heterocycles. The Morgan fingerprint density at radius 1 is 1.04 bits per heavy atom. The number of fused-ring (bicyclic) bond motifs is 9. The summed E-state index contributed by atoms with van der Waals surface area (Å²) in [7, 11) is 1.88. The third-order valence-electron chi connectivity index (χ3n) is 9.76. The van der Waals surface area contributed by atoms with Gasteiger partial charge in [-0.15, -0.1) is 0 Å². The molecule has 5 N–H and O–H groups in total. The zero-order valence-corrected chi connectivity index (χ0v) is 30.2. The average Bonchev–Trinajstić information content (AvgIpc) is 3.45. The molecule has 2 aromatic rings. The number of hydrogen-bond donors (Lipinski definition) is 5. The fourth-order valence-corrected chi connectivity index (χ4v) is 7.41. The first-order chi connectivity index (χ1) is 20.6. The summed E-state index contributed by atoms with van der Waals surface area (Å²) in [6.45, 7) is 6.30. The van der Waals surface area contributed by atoms with Gasteiger partial charge in [0.1, 0.15) is 23.8 Å². The molecule has 6 rings (SSSR count). The van der Waals surface area contributed by atoms with Crippen LogP contribution < -0.4 is 20.1 Å². The maximum Gasteiger partial charge on any atom is 0.471 e. The van der Waals surface area contributed by atoms with Crippen LogP contribution in [0.4, 0.5) is 13.2 Å². The summed E-state index contributed by atoms with van der Waals surface area (Å²) >= 11 is 0. The van der Waals surface area contributed by atoms with Crippen LogP contribution in [-0.4, -0.2) is 87.8 Å². The predicted molar refractivity (Wildman–Crippen MR) is 149 cm³/mol. The van der Waals surface area contributed by atoms with E-state index in [-0.39, 0.29) is 75.3 Å². The average molecular weight is 848 g/mol. The van der Waals surface area contributed by atoms with Crippen LogP contribution in [0.2, 0.25) is 0 Å². The molecule has 1 radical (unpaired) electrons. The Kier molecular flexibility index (Phi) is 9.11. The Bertz CT molecular complexity index is 1570. The van der Waals surface area contributed by atoms with Gasteiger partial charge in [-0.05, 0) is 64.3 Å². The number of phenols is 2. The molecule has 6 atom stereocenters. The van der Waals surface area contributed by atoms with E-state index in [2.05, 4.69) is 5.32 Å². The molecule has 2 aromatic carbocycles. The molecule has 1 unspecified atom stereocenters. The number of carbonyl (C=O) groups is 2. The number of ether oxygens (including phenoxy) is 2. The van der Waals surface area contributed by atoms with Crippen molar-refractivity contribution in [2.45, 2.75) is 83.1 Å². The Labute approximate surface area is 293 Å². The van der Waals surface area contributed by atoms with Gasteiger partial charge in [0.2, 0.25) is 12.7 Å². The van der Waals surface area contributed by atoms with Gasteiger partial charge in [0, 0.05) is 78.9 Å². The number of amides is 2. The second-order valence-electron chi connectivity index (χ2n) is 12.1. The van der Waals surface area contributed by atoms with Crippen molar-refractivity contribution in [2.24, 2.45) is 0 Å². The smallest absolute Gasteiger partial charge is 0.471 e. The molecule has 2 amide bonds. The number of nitrogens with zero attached hydrogens (tertiary/aromatic N) is 2. The van der Waals surface area contributed by atoms with E-state index in [0.717, 1.165) is 29.2 Å². The first-order valence-corrected chi connectivity index (χ1v) is 14.4. The number of carbonyl (C=O) groups excluding carboxylic acids is 2. The van der Waals surface area contributed by atoms with Crippen LogP contribution in [0.5, 0.6) is 23.0 Å². The molecular weight excluding hydrogens is 812 g/mol. The van der Waals surface area contributed by atoms with Gasteiger partial charge in [0.15, 0.2) is 11.5 Å². The van der Waals surface area contributed by atoms with E-state index in [0.29, 0.717) is 34.6 Å². The van der Waals surface area contributed by atoms with Crippen molar-refractivity contribution >= 4 is 11.8 Å². The minimum Gasteiger partial charge on any atom is -0.507 e. The minimum absolute atomic E-state index is 0. The number of nitrogens with one attached hydrogen (secondary N) is 2. The van der Waals surface area contributed by atoms with E-state index < -0.39 is 54.4 Å². The quantitative estimate of drug-likeness (QED) is 0.313. The molecule has 4 aliphatic rings. The number of aryl methyl sites for hydroxylation is 1. The molecule has 15 heteroatoms. The fourth-order valence-electron chi connectivity index (χ4n) is 7.41. The monoisotopic (exact) mass is 847 g/mol. The van der Waals surface area contributed by atoms with E-state index in [4.69, 9.17) is 9.47 Å². The molecule has 4 heterocycles. The summed E-state index contributed by atoms with van der Waals surface area (Å²) in [5.41, 5.74) is 4.82. The fraction of sp³-hybridized carbons (Fsp3) is 0.533. The van der Waals surface area contributed by atoms with Gasteiger partial charge in [-0.25, -0.2) is 0 Å². The first-order valence-electron chi connectivity index (χ1n) is 14.4. The number of aliphatic hydroxyl groups is 1. The van der Waals surface area contributed by atoms with Crippen molar-refractivity contribution in [1.29, 1.82) is 0 Å². The van der Waals surface area contributed by atoms with Crippen LogP contribution in [0.3, 0.4) is 0 Å². The van der Waals surface area contributed by atoms with Crippen molar-refractivity contribution in [3.8, 4) is 23.0 Å². The minimum atomic E-state index is -5.15. The molecule has 1 fully saturated rings. The Balaban J connectivity index is 0.00000400. The third kappa shape index (κ3) is 5.36. The molecular formula is C30H35AcF3N4O7. The predicted octanol–water partition coefficient (Wildman–Crippen LogP) is 2.13. The Morgan fingerprint density at radius 3 is 2.38 bits per heavy atom. The first kappa shape index (κ1) is 34.0. The van der Waals surface area contributed by atoms with Gasteiger partial charge in [-0.3, -0.25) is 19.4 Å². The topological polar surface area (TPSA) is 144 Å². The van der Waals surface area contributed by atoms with E-state index >= 15 is 0 Å². The van der Waals surface area contributed by atoms with Gasteiger partial charge >= 0.3 is 12.1 Å². The van der Waals surface area contributed by atoms with E-state index in [1.54, 1.807) is 12.2 Å². The number of rotatable bonds is 4. The van der Waals surface area contributed by atoms with Gasteiger partial charge in [0.05, 0.1) is 18.1 Å². The number of aliphatic hydroxyl groups excluding tert-OH is 1. The normalized spacial score (nSPS) is 25.8. The van der Waals surface area contributed by atoms with Gasteiger partial charge in [0.25, 0.3) is 0 Å². The van der Waals surface area contributed by atoms with Crippen LogP contribution in [0.15, 0.2) is 6.07 Å². The summed E-state index contributed by atoms with van der Waals surface area (Å²) in [6, 6.07) is -1.60. The number of benzene rings is 2. The van der Waals surface area contributed by atoms with Gasteiger partial charge in [-0.2, -0.15) is 13.2 Å². The number of phenolic OH excluding ortho intramolecular Hbond substituents is 2. The second kappa shape index (κ2) is 12.0. The Morgan fingerprint density at radius 2 is 1.71 bits per heavy atom. The molecule has 2 bridgehead atoms. The summed E-state index contributed by atoms with van der Waals surface area (Å²) in [4.78, 5) is 28.3. The van der Waals surface area contributed by atoms with Gasteiger partial charge < -0.3 is 35.4 Å². The van der Waals surface area contributed by atoms with E-state index in [1.165, 1.54) is 0 Å². The molecule has 0 spiro atoms. The number of hydrogen-bond acceptors (Lipinski definition) is 9. The van der Waals surface area contributed by atoms with Gasteiger partial charge in [-0.1, -0.05) is 6.07 Å². The molecule has 4 aliphatic heterocycles. The standard InChI is InChI=1S/C30H35F3N4O7.Ac/c1-11-6-15-7-18-28(41)37-17(22(36(18)5)20(15)24(39)12(11)2)8-16-21(26-25(43-10-44-26)13(3)23(16)38)19(37)9-34-27(40)14(4)35-29(42)30(31,32)33;/h6,14,17-19,22,28,38-39,41H,7-10H2,1-5H3,(H,34,40)(H,35,42);/t14-,17?,18-,19-,22-,28-;/m0./s1. The maximum atomic E-state index is 13.0. The molecule has 241 valence electrons. The Hall–Kier alpha value is -2.31. The third-order valence-corrected chi connectivity index (χ3v) is 9.76. The number of likely N-dealkylation sites (N-methyl/N-ethyl adjacent to an activating group) is 1. The SMILES string of the molecule is Cc1cc2c(c(O)c1C)[C@@H]1C3Cc4c(O)c(C)c5c(c4[C@H](CNC(=O)[C@H](C)NC(=O)C(F)(F)F)N3[C@@H](O)[C@H](C2)N1C)OCO5.[Ac]. The number of halogens is 3. The zero-order valence-electron chi connectivity index (χ0n) is 25.5. The molecule has 0 aliphatic carbocycles. The summed E-state index contributed by atoms with van der Waals surface area (Å²) in [5, 5.41) is 39.1. The van der Waals surface area contributed by atoms with Crippen LogP contribution in [0.25, 0.3) is 0 Å². The molecule has 0 saturated carbocycles. The number of alkyl halides is 3. The number of piperazine rings is 1. The van der Waals surface area contributed by atoms with Crippen LogP contribution in [-0.2, 0) is 22.4 Å². The van der Waals surface area contributed by atoms with Crippen molar-refractivity contribution in [2.75, 3.05) is 20.4 Å². The summed E-state index contributed by atoms with van der Waals surface area (Å²) in [5.74, 6) is -2.27. The van der Waals surface area contributed by atoms with Crippen LogP contribution in [0, 0.1) is 64.8 Å². The molecule has 45 heavy (non-hydrogen) atoms. The second-order valence-corrected chi connectivity index (χ2v) is 12.1. The van der Waals surface area contributed by atoms with Crippen LogP contribution in [0.1, 0.15) is 58.0 Å². The van der Waals surface area contributed by atoms with Crippen molar-refractivity contribution in [3.05, 3.63) is 45.0 Å². The summed E-state index contributed by atoms with van der Waals surface area (Å²) < 4.78 is 50.0. The van der Waals surface area contributed by atoms with Crippen molar-refractivity contribution in [1.82, 2.24) is 20.4 Å². The van der Waals surface area contributed by atoms with E-state index in [1.807, 2.05) is 36.8 Å². The maximum absolute atomic E-state index is 13.0. The van der Waals surface area contributed by atoms with Crippen molar-refractivity contribution in [3.63, 3.8) is 0 Å². The molecule has 1 saturated heterocycles. The summed E-state index contributed by atoms with van der Waals surface area (Å²) in [6.07, 6.45) is -5.54. The van der Waals surface area contributed by atoms with E-state index in [9.17, 15) is 38.1 Å². The molecule has 11 nitrogen and oxygen atoms in total. The number of aromatic hydroxyl groups is 2. The van der Waals surface area contributed by atoms with Crippen molar-refractivity contribution < 1.29 is 91.6 Å². The van der Waals surface area contributed by atoms with Crippen LogP contribution >= 0.6 is 0 Å².